The molecule has 0 aliphatic carbocycles. The molecule has 0 spiro atoms. The van der Waals surface area contributed by atoms with Gasteiger partial charge in [0, 0.05) is 42.7 Å². The van der Waals surface area contributed by atoms with Crippen LogP contribution in [0.5, 0.6) is 5.75 Å². The van der Waals surface area contributed by atoms with Crippen molar-refractivity contribution in [2.75, 3.05) is 7.11 Å². The molecule has 0 atom stereocenters. The van der Waals surface area contributed by atoms with Gasteiger partial charge in [-0.05, 0) is 25.1 Å². The van der Waals surface area contributed by atoms with Crippen molar-refractivity contribution in [2.45, 2.75) is 26.6 Å². The van der Waals surface area contributed by atoms with E-state index < -0.39 is 0 Å². The second kappa shape index (κ2) is 7.11. The molecular formula is C17H21N5O. The quantitative estimate of drug-likeness (QED) is 0.704. The molecule has 3 rings (SSSR count). The molecule has 6 nitrogen and oxygen atoms in total. The number of rotatable bonds is 7. The van der Waals surface area contributed by atoms with E-state index in [0.29, 0.717) is 0 Å². The van der Waals surface area contributed by atoms with Crippen LogP contribution in [0.4, 0.5) is 0 Å². The van der Waals surface area contributed by atoms with Crippen LogP contribution in [-0.4, -0.2) is 27.1 Å². The number of hydrogen-bond donors (Lipinski definition) is 2. The Labute approximate surface area is 135 Å². The predicted molar refractivity (Wildman–Crippen MR) is 89.0 cm³/mol. The summed E-state index contributed by atoms with van der Waals surface area (Å²) in [6, 6.07) is 9.94. The van der Waals surface area contributed by atoms with Crippen LogP contribution in [0.3, 0.4) is 0 Å². The van der Waals surface area contributed by atoms with Crippen molar-refractivity contribution in [3.63, 3.8) is 0 Å². The summed E-state index contributed by atoms with van der Waals surface area (Å²) in [5, 5.41) is 15.1. The number of benzene rings is 1. The van der Waals surface area contributed by atoms with Crippen molar-refractivity contribution in [2.24, 2.45) is 0 Å². The van der Waals surface area contributed by atoms with Gasteiger partial charge >= 0.3 is 0 Å². The summed E-state index contributed by atoms with van der Waals surface area (Å²) in [6.45, 7) is 4.49. The highest BCUT2D eigenvalue weighted by Crippen LogP contribution is 2.22. The Morgan fingerprint density at radius 2 is 2.17 bits per heavy atom. The second-order valence-electron chi connectivity index (χ2n) is 5.32. The van der Waals surface area contributed by atoms with Gasteiger partial charge in [0.2, 0.25) is 0 Å². The van der Waals surface area contributed by atoms with Gasteiger partial charge in [0.25, 0.3) is 0 Å². The predicted octanol–water partition coefficient (Wildman–Crippen LogP) is 2.59. The molecule has 0 aliphatic rings. The van der Waals surface area contributed by atoms with Crippen LogP contribution in [-0.2, 0) is 19.6 Å². The molecule has 0 saturated heterocycles. The largest absolute Gasteiger partial charge is 0.497 e. The molecule has 6 heteroatoms. The maximum absolute atomic E-state index is 5.25. The molecule has 120 valence electrons. The summed E-state index contributed by atoms with van der Waals surface area (Å²) < 4.78 is 7.17. The van der Waals surface area contributed by atoms with E-state index in [9.17, 15) is 0 Å². The molecule has 0 aliphatic heterocycles. The van der Waals surface area contributed by atoms with Gasteiger partial charge in [0.05, 0.1) is 19.0 Å². The summed E-state index contributed by atoms with van der Waals surface area (Å²) in [5.74, 6) is 0.832. The Bertz CT molecular complexity index is 762. The monoisotopic (exact) mass is 311 g/mol. The Balaban J connectivity index is 1.58. The molecule has 0 amide bonds. The fraction of sp³-hybridized carbons (Fsp3) is 0.294. The standard InChI is InChI=1S/C17H21N5O/c1-3-22-12-13(10-19-22)9-18-11-15-8-17(21-20-15)14-5-4-6-16(7-14)23-2/h4-8,10,12,18H,3,9,11H2,1-2H3,(H,20,21). The topological polar surface area (TPSA) is 67.8 Å². The highest BCUT2D eigenvalue weighted by atomic mass is 16.5. The minimum atomic E-state index is 0.730. The molecular weight excluding hydrogens is 290 g/mol. The van der Waals surface area contributed by atoms with Crippen molar-refractivity contribution in [1.82, 2.24) is 25.3 Å². The van der Waals surface area contributed by atoms with Crippen molar-refractivity contribution in [3.8, 4) is 17.0 Å². The Morgan fingerprint density at radius 3 is 2.96 bits per heavy atom. The number of ether oxygens (including phenoxy) is 1. The van der Waals surface area contributed by atoms with Crippen molar-refractivity contribution in [3.05, 3.63) is 54.0 Å². The number of nitrogens with zero attached hydrogens (tertiary/aromatic N) is 3. The Morgan fingerprint density at radius 1 is 1.26 bits per heavy atom. The maximum atomic E-state index is 5.25. The highest BCUT2D eigenvalue weighted by Gasteiger charge is 2.05. The van der Waals surface area contributed by atoms with Crippen LogP contribution in [0.15, 0.2) is 42.7 Å². The van der Waals surface area contributed by atoms with Crippen LogP contribution < -0.4 is 10.1 Å². The van der Waals surface area contributed by atoms with Gasteiger partial charge < -0.3 is 10.1 Å². The first-order valence-corrected chi connectivity index (χ1v) is 7.69. The van der Waals surface area contributed by atoms with Gasteiger partial charge in [-0.1, -0.05) is 12.1 Å². The average Bonchev–Trinajstić information content (AvgIpc) is 3.24. The van der Waals surface area contributed by atoms with Crippen LogP contribution in [0, 0.1) is 0 Å². The van der Waals surface area contributed by atoms with Gasteiger partial charge in [-0.3, -0.25) is 9.78 Å². The minimum Gasteiger partial charge on any atom is -0.497 e. The molecule has 2 heterocycles. The van der Waals surface area contributed by atoms with Gasteiger partial charge in [0.15, 0.2) is 0 Å². The number of nitrogens with one attached hydrogen (secondary N) is 2. The molecule has 3 aromatic rings. The molecule has 0 unspecified atom stereocenters. The van der Waals surface area contributed by atoms with E-state index in [1.807, 2.05) is 35.1 Å². The summed E-state index contributed by atoms with van der Waals surface area (Å²) in [4.78, 5) is 0. The summed E-state index contributed by atoms with van der Waals surface area (Å²) >= 11 is 0. The second-order valence-corrected chi connectivity index (χ2v) is 5.32. The van der Waals surface area contributed by atoms with Crippen LogP contribution in [0.25, 0.3) is 11.3 Å². The first-order chi connectivity index (χ1) is 11.3. The third-order valence-electron chi connectivity index (χ3n) is 3.65. The molecule has 0 radical (unpaired) electrons. The third kappa shape index (κ3) is 3.78. The van der Waals surface area contributed by atoms with Gasteiger partial charge in [-0.25, -0.2) is 0 Å². The molecule has 2 N–H and O–H groups in total. The zero-order valence-electron chi connectivity index (χ0n) is 13.4. The Hall–Kier alpha value is -2.60. The van der Waals surface area contributed by atoms with Gasteiger partial charge in [0.1, 0.15) is 5.75 Å². The lowest BCUT2D eigenvalue weighted by Crippen LogP contribution is -2.12. The molecule has 0 saturated carbocycles. The van der Waals surface area contributed by atoms with E-state index in [4.69, 9.17) is 4.74 Å². The maximum Gasteiger partial charge on any atom is 0.119 e. The van der Waals surface area contributed by atoms with Crippen LogP contribution >= 0.6 is 0 Å². The fourth-order valence-electron chi connectivity index (χ4n) is 2.39. The summed E-state index contributed by atoms with van der Waals surface area (Å²) in [5.41, 5.74) is 4.18. The van der Waals surface area contributed by atoms with E-state index in [1.54, 1.807) is 7.11 Å². The van der Waals surface area contributed by atoms with Gasteiger partial charge in [-0.15, -0.1) is 0 Å². The molecule has 1 aromatic carbocycles. The van der Waals surface area contributed by atoms with E-state index in [2.05, 4.69) is 39.8 Å². The fourth-order valence-corrected chi connectivity index (χ4v) is 2.39. The third-order valence-corrected chi connectivity index (χ3v) is 3.65. The zero-order valence-corrected chi connectivity index (χ0v) is 13.4. The Kier molecular flexibility index (Phi) is 4.73. The minimum absolute atomic E-state index is 0.730. The number of aryl methyl sites for hydroxylation is 1. The summed E-state index contributed by atoms with van der Waals surface area (Å²) in [6.07, 6.45) is 3.95. The van der Waals surface area contributed by atoms with Crippen LogP contribution in [0.1, 0.15) is 18.2 Å². The normalized spacial score (nSPS) is 10.9. The van der Waals surface area contributed by atoms with E-state index in [0.717, 1.165) is 42.3 Å². The van der Waals surface area contributed by atoms with E-state index >= 15 is 0 Å². The molecule has 23 heavy (non-hydrogen) atoms. The smallest absolute Gasteiger partial charge is 0.119 e. The lowest BCUT2D eigenvalue weighted by molar-refractivity contribution is 0.415. The lowest BCUT2D eigenvalue weighted by Gasteiger charge is -2.01. The summed E-state index contributed by atoms with van der Waals surface area (Å²) in [7, 11) is 1.67. The first kappa shape index (κ1) is 15.3. The number of aromatic nitrogens is 4. The van der Waals surface area contributed by atoms with E-state index in [-0.39, 0.29) is 0 Å². The first-order valence-electron chi connectivity index (χ1n) is 7.69. The zero-order chi connectivity index (χ0) is 16.1. The van der Waals surface area contributed by atoms with Crippen molar-refractivity contribution in [1.29, 1.82) is 0 Å². The number of methoxy groups -OCH3 is 1. The lowest BCUT2D eigenvalue weighted by atomic mass is 10.1. The number of H-pyrrole nitrogens is 1. The number of aromatic amines is 1. The molecule has 0 bridgehead atoms. The van der Waals surface area contributed by atoms with Crippen molar-refractivity contribution >= 4 is 0 Å². The molecule has 2 aromatic heterocycles. The SMILES string of the molecule is CCn1cc(CNCc2cc(-c3cccc(OC)c3)n[nH]2)cn1. The van der Waals surface area contributed by atoms with E-state index in [1.165, 1.54) is 5.56 Å². The average molecular weight is 311 g/mol. The van der Waals surface area contributed by atoms with Gasteiger partial charge in [-0.2, -0.15) is 10.2 Å². The molecule has 0 fully saturated rings. The highest BCUT2D eigenvalue weighted by molar-refractivity contribution is 5.61. The number of hydrogen-bond acceptors (Lipinski definition) is 4. The van der Waals surface area contributed by atoms with Crippen LogP contribution in [0.2, 0.25) is 0 Å². The van der Waals surface area contributed by atoms with Crippen molar-refractivity contribution < 1.29 is 4.74 Å².